The molecule has 0 fully saturated rings. The van der Waals surface area contributed by atoms with Gasteiger partial charge in [0.25, 0.3) is 0 Å². The maximum Gasteiger partial charge on any atom is 0.115 e. The van der Waals surface area contributed by atoms with E-state index in [0.29, 0.717) is 5.75 Å². The lowest BCUT2D eigenvalue weighted by Gasteiger charge is -2.05. The number of hydrogen-bond acceptors (Lipinski definition) is 1. The Kier molecular flexibility index (Phi) is 5.67. The standard InChI is InChI=1S/C19H24O/c1-2-3-4-5-6-7-16-8-10-17(11-9-16)18-12-14-19(20)15-13-18/h8-15,20H,2-7H2,1H3. The second-order valence-electron chi connectivity index (χ2n) is 5.41. The number of phenolic OH excluding ortho intramolecular Hbond substituents is 1. The average Bonchev–Trinajstić information content (AvgIpc) is 2.49. The Morgan fingerprint density at radius 3 is 1.85 bits per heavy atom. The molecular formula is C19H24O. The summed E-state index contributed by atoms with van der Waals surface area (Å²) in [5.74, 6) is 0.317. The van der Waals surface area contributed by atoms with Gasteiger partial charge in [-0.2, -0.15) is 0 Å². The van der Waals surface area contributed by atoms with E-state index in [1.54, 1.807) is 12.1 Å². The largest absolute Gasteiger partial charge is 0.508 e. The topological polar surface area (TPSA) is 20.2 Å². The molecular weight excluding hydrogens is 244 g/mol. The molecule has 0 aliphatic heterocycles. The molecule has 0 atom stereocenters. The molecule has 20 heavy (non-hydrogen) atoms. The molecule has 0 aliphatic rings. The maximum atomic E-state index is 9.31. The molecule has 106 valence electrons. The van der Waals surface area contributed by atoms with Crippen LogP contribution in [0.15, 0.2) is 48.5 Å². The third kappa shape index (κ3) is 4.41. The summed E-state index contributed by atoms with van der Waals surface area (Å²) in [5.41, 5.74) is 3.78. The van der Waals surface area contributed by atoms with Crippen LogP contribution in [0.3, 0.4) is 0 Å². The number of unbranched alkanes of at least 4 members (excludes halogenated alkanes) is 4. The molecule has 2 rings (SSSR count). The molecule has 0 radical (unpaired) electrons. The summed E-state index contributed by atoms with van der Waals surface area (Å²) < 4.78 is 0. The van der Waals surface area contributed by atoms with Crippen molar-refractivity contribution in [3.8, 4) is 16.9 Å². The van der Waals surface area contributed by atoms with Gasteiger partial charge in [0.1, 0.15) is 5.75 Å². The monoisotopic (exact) mass is 268 g/mol. The zero-order valence-corrected chi connectivity index (χ0v) is 12.3. The van der Waals surface area contributed by atoms with Crippen molar-refractivity contribution in [3.63, 3.8) is 0 Å². The van der Waals surface area contributed by atoms with Gasteiger partial charge in [-0.25, -0.2) is 0 Å². The number of phenols is 1. The van der Waals surface area contributed by atoms with Crippen LogP contribution in [0.25, 0.3) is 11.1 Å². The predicted molar refractivity (Wildman–Crippen MR) is 86.0 cm³/mol. The fourth-order valence-corrected chi connectivity index (χ4v) is 2.45. The molecule has 1 heteroatoms. The lowest BCUT2D eigenvalue weighted by Crippen LogP contribution is -1.86. The molecule has 2 aromatic rings. The first kappa shape index (κ1) is 14.6. The van der Waals surface area contributed by atoms with Gasteiger partial charge in [-0.15, -0.1) is 0 Å². The summed E-state index contributed by atoms with van der Waals surface area (Å²) in [6.07, 6.45) is 7.84. The molecule has 1 nitrogen and oxygen atoms in total. The first-order valence-corrected chi connectivity index (χ1v) is 7.68. The van der Waals surface area contributed by atoms with Crippen LogP contribution in [0.4, 0.5) is 0 Å². The molecule has 0 aromatic heterocycles. The quantitative estimate of drug-likeness (QED) is 0.651. The van der Waals surface area contributed by atoms with Crippen molar-refractivity contribution in [1.82, 2.24) is 0 Å². The van der Waals surface area contributed by atoms with Gasteiger partial charge >= 0.3 is 0 Å². The first-order chi connectivity index (χ1) is 9.79. The Bertz CT molecular complexity index is 496. The molecule has 0 unspecified atom stereocenters. The van der Waals surface area contributed by atoms with Gasteiger partial charge < -0.3 is 5.11 Å². The van der Waals surface area contributed by atoms with Crippen molar-refractivity contribution in [2.75, 3.05) is 0 Å². The number of aryl methyl sites for hydroxylation is 1. The first-order valence-electron chi connectivity index (χ1n) is 7.68. The highest BCUT2D eigenvalue weighted by Gasteiger charge is 1.99. The fraction of sp³-hybridized carbons (Fsp3) is 0.368. The smallest absolute Gasteiger partial charge is 0.115 e. The van der Waals surface area contributed by atoms with Gasteiger partial charge in [-0.3, -0.25) is 0 Å². The summed E-state index contributed by atoms with van der Waals surface area (Å²) in [6.45, 7) is 2.25. The van der Waals surface area contributed by atoms with Gasteiger partial charge in [0.05, 0.1) is 0 Å². The van der Waals surface area contributed by atoms with Crippen LogP contribution in [0.2, 0.25) is 0 Å². The van der Waals surface area contributed by atoms with Crippen molar-refractivity contribution in [2.45, 2.75) is 45.4 Å². The van der Waals surface area contributed by atoms with E-state index >= 15 is 0 Å². The Hall–Kier alpha value is -1.76. The highest BCUT2D eigenvalue weighted by molar-refractivity contribution is 5.64. The van der Waals surface area contributed by atoms with E-state index < -0.39 is 0 Å². The number of rotatable bonds is 7. The maximum absolute atomic E-state index is 9.31. The normalized spacial score (nSPS) is 10.7. The van der Waals surface area contributed by atoms with E-state index in [0.717, 1.165) is 5.56 Å². The molecule has 0 bridgehead atoms. The minimum Gasteiger partial charge on any atom is -0.508 e. The predicted octanol–water partition coefficient (Wildman–Crippen LogP) is 5.57. The third-order valence-corrected chi connectivity index (χ3v) is 3.72. The summed E-state index contributed by atoms with van der Waals surface area (Å²) in [4.78, 5) is 0. The molecule has 0 heterocycles. The summed E-state index contributed by atoms with van der Waals surface area (Å²) in [7, 11) is 0. The SMILES string of the molecule is CCCCCCCc1ccc(-c2ccc(O)cc2)cc1. The number of hydrogen-bond donors (Lipinski definition) is 1. The molecule has 0 saturated heterocycles. The van der Waals surface area contributed by atoms with Gasteiger partial charge in [-0.05, 0) is 41.7 Å². The van der Waals surface area contributed by atoms with Crippen LogP contribution in [-0.2, 0) is 6.42 Å². The Labute approximate surface area is 122 Å². The van der Waals surface area contributed by atoms with Crippen molar-refractivity contribution >= 4 is 0 Å². The van der Waals surface area contributed by atoms with Crippen LogP contribution in [0.1, 0.15) is 44.6 Å². The highest BCUT2D eigenvalue weighted by Crippen LogP contribution is 2.22. The zero-order valence-electron chi connectivity index (χ0n) is 12.3. The summed E-state index contributed by atoms with van der Waals surface area (Å²) in [6, 6.07) is 16.2. The molecule has 0 aliphatic carbocycles. The Morgan fingerprint density at radius 1 is 0.700 bits per heavy atom. The van der Waals surface area contributed by atoms with Gasteiger partial charge in [-0.1, -0.05) is 69.0 Å². The summed E-state index contributed by atoms with van der Waals surface area (Å²) in [5, 5.41) is 9.31. The van der Waals surface area contributed by atoms with Gasteiger partial charge in [0.15, 0.2) is 0 Å². The Morgan fingerprint density at radius 2 is 1.25 bits per heavy atom. The summed E-state index contributed by atoms with van der Waals surface area (Å²) >= 11 is 0. The average molecular weight is 268 g/mol. The second kappa shape index (κ2) is 7.74. The van der Waals surface area contributed by atoms with E-state index in [4.69, 9.17) is 0 Å². The highest BCUT2D eigenvalue weighted by atomic mass is 16.3. The zero-order chi connectivity index (χ0) is 14.2. The van der Waals surface area contributed by atoms with Gasteiger partial charge in [0, 0.05) is 0 Å². The van der Waals surface area contributed by atoms with E-state index in [-0.39, 0.29) is 0 Å². The molecule has 0 amide bonds. The van der Waals surface area contributed by atoms with Crippen LogP contribution in [0, 0.1) is 0 Å². The van der Waals surface area contributed by atoms with Crippen molar-refractivity contribution in [2.24, 2.45) is 0 Å². The third-order valence-electron chi connectivity index (χ3n) is 3.72. The minimum absolute atomic E-state index is 0.317. The van der Waals surface area contributed by atoms with Crippen LogP contribution < -0.4 is 0 Å². The van der Waals surface area contributed by atoms with E-state index in [9.17, 15) is 5.11 Å². The second-order valence-corrected chi connectivity index (χ2v) is 5.41. The molecule has 0 saturated carbocycles. The fourth-order valence-electron chi connectivity index (χ4n) is 2.45. The van der Waals surface area contributed by atoms with Crippen LogP contribution in [-0.4, -0.2) is 5.11 Å². The lowest BCUT2D eigenvalue weighted by atomic mass is 10.0. The van der Waals surface area contributed by atoms with E-state index in [2.05, 4.69) is 31.2 Å². The van der Waals surface area contributed by atoms with Crippen LogP contribution >= 0.6 is 0 Å². The van der Waals surface area contributed by atoms with Crippen molar-refractivity contribution in [3.05, 3.63) is 54.1 Å². The minimum atomic E-state index is 0.317. The molecule has 1 N–H and O–H groups in total. The molecule has 0 spiro atoms. The molecule has 2 aromatic carbocycles. The van der Waals surface area contributed by atoms with Crippen molar-refractivity contribution < 1.29 is 5.11 Å². The van der Waals surface area contributed by atoms with E-state index in [1.807, 2.05) is 12.1 Å². The lowest BCUT2D eigenvalue weighted by molar-refractivity contribution is 0.475. The Balaban J connectivity index is 1.88. The van der Waals surface area contributed by atoms with E-state index in [1.165, 1.54) is 49.7 Å². The number of benzene rings is 2. The van der Waals surface area contributed by atoms with Gasteiger partial charge in [0.2, 0.25) is 0 Å². The number of aromatic hydroxyl groups is 1. The van der Waals surface area contributed by atoms with Crippen molar-refractivity contribution in [1.29, 1.82) is 0 Å². The van der Waals surface area contributed by atoms with Crippen LogP contribution in [0.5, 0.6) is 5.75 Å².